The number of carbonyl (C=O) groups is 2. The summed E-state index contributed by atoms with van der Waals surface area (Å²) in [5, 5.41) is 2.77. The maximum atomic E-state index is 12.3. The number of rotatable bonds is 6. The average Bonchev–Trinajstić information content (AvgIpc) is 2.73. The molecule has 1 fully saturated rings. The Bertz CT molecular complexity index is 871. The molecule has 2 aromatic carbocycles. The van der Waals surface area contributed by atoms with Gasteiger partial charge in [-0.1, -0.05) is 29.8 Å². The second-order valence-electron chi connectivity index (χ2n) is 6.96. The third kappa shape index (κ3) is 6.19. The van der Waals surface area contributed by atoms with Crippen molar-refractivity contribution in [3.63, 3.8) is 0 Å². The van der Waals surface area contributed by atoms with Crippen LogP contribution in [0.1, 0.15) is 18.1 Å². The third-order valence-corrected chi connectivity index (χ3v) is 4.63. The third-order valence-electron chi connectivity index (χ3n) is 4.63. The Morgan fingerprint density at radius 2 is 1.86 bits per heavy atom. The minimum atomic E-state index is -0.899. The zero-order valence-electron chi connectivity index (χ0n) is 16.8. The van der Waals surface area contributed by atoms with E-state index in [1.807, 2.05) is 55.5 Å². The molecule has 0 radical (unpaired) electrons. The van der Waals surface area contributed by atoms with Crippen LogP contribution in [0.2, 0.25) is 0 Å². The van der Waals surface area contributed by atoms with Crippen molar-refractivity contribution in [2.45, 2.75) is 20.0 Å². The monoisotopic (exact) mass is 394 g/mol. The Morgan fingerprint density at radius 1 is 1.14 bits per heavy atom. The number of hydrogen-bond acceptors (Lipinski definition) is 5. The highest BCUT2D eigenvalue weighted by Crippen LogP contribution is 2.19. The Hall–Kier alpha value is -3.12. The topological polar surface area (TPSA) is 67.9 Å². The van der Waals surface area contributed by atoms with E-state index in [4.69, 9.17) is 9.47 Å². The summed E-state index contributed by atoms with van der Waals surface area (Å²) in [5.41, 5.74) is 3.75. The molecule has 0 bridgehead atoms. The van der Waals surface area contributed by atoms with Crippen molar-refractivity contribution in [1.29, 1.82) is 0 Å². The van der Waals surface area contributed by atoms with Crippen molar-refractivity contribution in [1.82, 2.24) is 0 Å². The number of hydrogen-bond donors (Lipinski definition) is 1. The molecule has 0 saturated carbocycles. The van der Waals surface area contributed by atoms with Crippen molar-refractivity contribution < 1.29 is 19.1 Å². The van der Waals surface area contributed by atoms with E-state index in [1.165, 1.54) is 6.08 Å². The van der Waals surface area contributed by atoms with Crippen LogP contribution in [-0.4, -0.2) is 44.3 Å². The van der Waals surface area contributed by atoms with Gasteiger partial charge in [-0.2, -0.15) is 0 Å². The minimum absolute atomic E-state index is 0.374. The SMILES string of the molecule is Cc1cccc(/C=C/C(=O)O[C@@H](C)C(=O)Nc2ccc(N3CCOCC3)cc2)c1. The van der Waals surface area contributed by atoms with Crippen LogP contribution >= 0.6 is 0 Å². The first-order valence-electron chi connectivity index (χ1n) is 9.70. The zero-order chi connectivity index (χ0) is 20.6. The van der Waals surface area contributed by atoms with Gasteiger partial charge in [0.05, 0.1) is 13.2 Å². The average molecular weight is 394 g/mol. The van der Waals surface area contributed by atoms with Crippen LogP contribution in [0.15, 0.2) is 54.6 Å². The molecule has 0 spiro atoms. The van der Waals surface area contributed by atoms with Gasteiger partial charge in [-0.3, -0.25) is 4.79 Å². The molecule has 1 atom stereocenters. The van der Waals surface area contributed by atoms with Gasteiger partial charge in [-0.15, -0.1) is 0 Å². The van der Waals surface area contributed by atoms with Crippen LogP contribution in [0.4, 0.5) is 11.4 Å². The maximum Gasteiger partial charge on any atom is 0.331 e. The first kappa shape index (κ1) is 20.6. The minimum Gasteiger partial charge on any atom is -0.449 e. The van der Waals surface area contributed by atoms with Crippen molar-refractivity contribution in [3.05, 3.63) is 65.7 Å². The number of anilines is 2. The largest absolute Gasteiger partial charge is 0.449 e. The number of nitrogens with zero attached hydrogens (tertiary/aromatic N) is 1. The van der Waals surface area contributed by atoms with E-state index < -0.39 is 12.1 Å². The van der Waals surface area contributed by atoms with Gasteiger partial charge in [0.25, 0.3) is 5.91 Å². The van der Waals surface area contributed by atoms with Crippen LogP contribution in [0.25, 0.3) is 6.08 Å². The van der Waals surface area contributed by atoms with Crippen LogP contribution in [0.3, 0.4) is 0 Å². The standard InChI is InChI=1S/C23H26N2O4/c1-17-4-3-5-19(16-17)6-11-22(26)29-18(2)23(27)24-20-7-9-21(10-8-20)25-12-14-28-15-13-25/h3-11,16,18H,12-15H2,1-2H3,(H,24,27)/b11-6+/t18-/m0/s1. The summed E-state index contributed by atoms with van der Waals surface area (Å²) in [6.45, 7) is 6.69. The summed E-state index contributed by atoms with van der Waals surface area (Å²) in [6.07, 6.45) is 2.10. The lowest BCUT2D eigenvalue weighted by Crippen LogP contribution is -2.36. The Kier molecular flexibility index (Phi) is 7.03. The highest BCUT2D eigenvalue weighted by Gasteiger charge is 2.17. The van der Waals surface area contributed by atoms with Crippen LogP contribution in [-0.2, 0) is 19.1 Å². The van der Waals surface area contributed by atoms with Crippen LogP contribution in [0, 0.1) is 6.92 Å². The van der Waals surface area contributed by atoms with Crippen molar-refractivity contribution in [2.75, 3.05) is 36.5 Å². The van der Waals surface area contributed by atoms with Crippen molar-refractivity contribution in [3.8, 4) is 0 Å². The molecule has 1 aliphatic rings. The summed E-state index contributed by atoms with van der Waals surface area (Å²) >= 11 is 0. The molecule has 152 valence electrons. The molecule has 2 aromatic rings. The lowest BCUT2D eigenvalue weighted by atomic mass is 10.1. The Labute approximate surface area is 171 Å². The van der Waals surface area contributed by atoms with Gasteiger partial charge in [-0.05, 0) is 49.8 Å². The predicted molar refractivity (Wildman–Crippen MR) is 114 cm³/mol. The molecular weight excluding hydrogens is 368 g/mol. The van der Waals surface area contributed by atoms with E-state index in [0.717, 1.165) is 43.1 Å². The van der Waals surface area contributed by atoms with Gasteiger partial charge in [0.1, 0.15) is 0 Å². The van der Waals surface area contributed by atoms with E-state index in [-0.39, 0.29) is 5.91 Å². The number of nitrogens with one attached hydrogen (secondary N) is 1. The normalized spacial score (nSPS) is 15.2. The number of aryl methyl sites for hydroxylation is 1. The molecule has 6 nitrogen and oxygen atoms in total. The number of ether oxygens (including phenoxy) is 2. The summed E-state index contributed by atoms with van der Waals surface area (Å²) in [5.74, 6) is -0.932. The molecule has 3 rings (SSSR count). The summed E-state index contributed by atoms with van der Waals surface area (Å²) in [4.78, 5) is 26.5. The van der Waals surface area contributed by atoms with E-state index in [9.17, 15) is 9.59 Å². The predicted octanol–water partition coefficient (Wildman–Crippen LogP) is 3.42. The van der Waals surface area contributed by atoms with Gasteiger partial charge < -0.3 is 19.7 Å². The molecule has 1 aliphatic heterocycles. The maximum absolute atomic E-state index is 12.3. The van der Waals surface area contributed by atoms with Gasteiger partial charge in [-0.25, -0.2) is 4.79 Å². The fraction of sp³-hybridized carbons (Fsp3) is 0.304. The van der Waals surface area contributed by atoms with Crippen molar-refractivity contribution >= 4 is 29.3 Å². The second-order valence-corrected chi connectivity index (χ2v) is 6.96. The lowest BCUT2D eigenvalue weighted by Gasteiger charge is -2.28. The van der Waals surface area contributed by atoms with Gasteiger partial charge in [0.15, 0.2) is 6.10 Å². The number of morpholine rings is 1. The molecule has 0 unspecified atom stereocenters. The van der Waals surface area contributed by atoms with E-state index in [1.54, 1.807) is 13.0 Å². The van der Waals surface area contributed by atoms with Crippen LogP contribution < -0.4 is 10.2 Å². The lowest BCUT2D eigenvalue weighted by molar-refractivity contribution is -0.148. The first-order valence-corrected chi connectivity index (χ1v) is 9.70. The molecule has 0 aliphatic carbocycles. The summed E-state index contributed by atoms with van der Waals surface area (Å²) < 4.78 is 10.6. The molecule has 1 amide bonds. The van der Waals surface area contributed by atoms with E-state index in [2.05, 4.69) is 10.2 Å². The molecule has 1 N–H and O–H groups in total. The summed E-state index contributed by atoms with van der Waals surface area (Å²) in [7, 11) is 0. The van der Waals surface area contributed by atoms with Gasteiger partial charge >= 0.3 is 5.97 Å². The number of benzene rings is 2. The smallest absolute Gasteiger partial charge is 0.331 e. The molecule has 0 aromatic heterocycles. The van der Waals surface area contributed by atoms with Gasteiger partial charge in [0.2, 0.25) is 0 Å². The fourth-order valence-electron chi connectivity index (χ4n) is 3.03. The Morgan fingerprint density at radius 3 is 2.55 bits per heavy atom. The van der Waals surface area contributed by atoms with Gasteiger partial charge in [0, 0.05) is 30.5 Å². The second kappa shape index (κ2) is 9.89. The van der Waals surface area contributed by atoms with E-state index in [0.29, 0.717) is 5.69 Å². The Balaban J connectivity index is 1.50. The quantitative estimate of drug-likeness (QED) is 0.601. The molecule has 1 saturated heterocycles. The van der Waals surface area contributed by atoms with Crippen LogP contribution in [0.5, 0.6) is 0 Å². The molecule has 29 heavy (non-hydrogen) atoms. The number of amides is 1. The number of carbonyl (C=O) groups excluding carboxylic acids is 2. The highest BCUT2D eigenvalue weighted by atomic mass is 16.5. The molecule has 1 heterocycles. The van der Waals surface area contributed by atoms with Crippen molar-refractivity contribution in [2.24, 2.45) is 0 Å². The summed E-state index contributed by atoms with van der Waals surface area (Å²) in [6, 6.07) is 15.4. The first-order chi connectivity index (χ1) is 14.0. The molecular formula is C23H26N2O4. The fourth-order valence-corrected chi connectivity index (χ4v) is 3.03. The highest BCUT2D eigenvalue weighted by molar-refractivity contribution is 5.96. The zero-order valence-corrected chi connectivity index (χ0v) is 16.8. The molecule has 6 heteroatoms. The van der Waals surface area contributed by atoms with E-state index >= 15 is 0 Å². The number of esters is 1.